The van der Waals surface area contributed by atoms with Crippen LogP contribution in [0.2, 0.25) is 0 Å². The van der Waals surface area contributed by atoms with Gasteiger partial charge < -0.3 is 15.8 Å². The number of halogens is 2. The van der Waals surface area contributed by atoms with Crippen LogP contribution in [0, 0.1) is 12.8 Å². The quantitative estimate of drug-likeness (QED) is 0.843. The second kappa shape index (κ2) is 5.83. The summed E-state index contributed by atoms with van der Waals surface area (Å²) in [5.41, 5.74) is 5.87. The average molecular weight is 290 g/mol. The minimum absolute atomic E-state index is 0.0653. The first-order valence-electron chi connectivity index (χ1n) is 6.06. The summed E-state index contributed by atoms with van der Waals surface area (Å²) in [6.07, 6.45) is 2.18. The predicted molar refractivity (Wildman–Crippen MR) is 68.7 cm³/mol. The molecule has 0 spiro atoms. The van der Waals surface area contributed by atoms with E-state index in [4.69, 9.17) is 5.73 Å². The molecule has 4 nitrogen and oxygen atoms in total. The van der Waals surface area contributed by atoms with Crippen molar-refractivity contribution in [3.8, 4) is 5.75 Å². The van der Waals surface area contributed by atoms with Gasteiger partial charge in [0.25, 0.3) is 5.91 Å². The molecular weight excluding hydrogens is 274 g/mol. The van der Waals surface area contributed by atoms with Gasteiger partial charge in [0.1, 0.15) is 10.6 Å². The van der Waals surface area contributed by atoms with E-state index in [1.165, 1.54) is 6.07 Å². The third kappa shape index (κ3) is 3.87. The number of hydrogen-bond acceptors (Lipinski definition) is 4. The molecule has 1 fully saturated rings. The number of hydrogen-bond donors (Lipinski definition) is 2. The van der Waals surface area contributed by atoms with Crippen LogP contribution in [0.4, 0.5) is 8.78 Å². The van der Waals surface area contributed by atoms with Crippen LogP contribution in [0.3, 0.4) is 0 Å². The number of alkyl halides is 2. The second-order valence-corrected chi connectivity index (χ2v) is 5.90. The topological polar surface area (TPSA) is 64.3 Å². The van der Waals surface area contributed by atoms with Gasteiger partial charge in [0.15, 0.2) is 0 Å². The Balaban J connectivity index is 1.97. The summed E-state index contributed by atoms with van der Waals surface area (Å²) in [6.45, 7) is -0.848. The van der Waals surface area contributed by atoms with E-state index in [1.54, 1.807) is 6.92 Å². The Morgan fingerprint density at radius 3 is 2.89 bits per heavy atom. The smallest absolute Gasteiger partial charge is 0.387 e. The molecule has 0 aromatic carbocycles. The number of carbonyl (C=O) groups is 1. The normalized spacial score (nSPS) is 16.5. The number of rotatable bonds is 6. The molecule has 1 unspecified atom stereocenters. The molecule has 19 heavy (non-hydrogen) atoms. The molecule has 0 aliphatic heterocycles. The van der Waals surface area contributed by atoms with E-state index in [0.717, 1.165) is 29.1 Å². The average Bonchev–Trinajstić information content (AvgIpc) is 3.10. The third-order valence-electron chi connectivity index (χ3n) is 2.97. The van der Waals surface area contributed by atoms with Gasteiger partial charge in [-0.3, -0.25) is 4.79 Å². The first-order valence-corrected chi connectivity index (χ1v) is 6.88. The highest BCUT2D eigenvalue weighted by Gasteiger charge is 2.29. The van der Waals surface area contributed by atoms with Gasteiger partial charge >= 0.3 is 6.61 Å². The summed E-state index contributed by atoms with van der Waals surface area (Å²) in [6, 6.07) is 1.37. The highest BCUT2D eigenvalue weighted by Crippen LogP contribution is 2.32. The summed E-state index contributed by atoms with van der Waals surface area (Å²) in [5.74, 6) is -0.0120. The second-order valence-electron chi connectivity index (χ2n) is 4.64. The van der Waals surface area contributed by atoms with Crippen molar-refractivity contribution >= 4 is 17.2 Å². The minimum atomic E-state index is -2.94. The Bertz CT molecular complexity index is 461. The molecule has 1 atom stereocenters. The zero-order valence-electron chi connectivity index (χ0n) is 10.5. The fourth-order valence-corrected chi connectivity index (χ4v) is 2.67. The highest BCUT2D eigenvalue weighted by molar-refractivity contribution is 7.14. The molecule has 1 saturated carbocycles. The molecule has 1 aromatic rings. The van der Waals surface area contributed by atoms with Crippen LogP contribution in [0.15, 0.2) is 6.07 Å². The summed E-state index contributed by atoms with van der Waals surface area (Å²) >= 11 is 1.13. The monoisotopic (exact) mass is 290 g/mol. The maximum absolute atomic E-state index is 12.2. The van der Waals surface area contributed by atoms with Gasteiger partial charge in [0.05, 0.1) is 0 Å². The van der Waals surface area contributed by atoms with Crippen LogP contribution in [-0.4, -0.2) is 25.1 Å². The summed E-state index contributed by atoms with van der Waals surface area (Å²) in [4.78, 5) is 12.8. The van der Waals surface area contributed by atoms with Crippen LogP contribution >= 0.6 is 11.3 Å². The van der Waals surface area contributed by atoms with Gasteiger partial charge in [-0.05, 0) is 31.7 Å². The number of nitrogens with two attached hydrogens (primary N) is 1. The van der Waals surface area contributed by atoms with Gasteiger partial charge in [-0.15, -0.1) is 11.3 Å². The van der Waals surface area contributed by atoms with Crippen molar-refractivity contribution in [3.63, 3.8) is 0 Å². The van der Waals surface area contributed by atoms with Crippen molar-refractivity contribution in [1.29, 1.82) is 0 Å². The van der Waals surface area contributed by atoms with Crippen LogP contribution in [0.1, 0.15) is 27.4 Å². The molecular formula is C12H16F2N2O2S. The lowest BCUT2D eigenvalue weighted by Crippen LogP contribution is -2.38. The molecule has 7 heteroatoms. The van der Waals surface area contributed by atoms with Crippen molar-refractivity contribution in [2.75, 3.05) is 6.54 Å². The molecule has 0 bridgehead atoms. The lowest BCUT2D eigenvalue weighted by Gasteiger charge is -2.11. The Hall–Kier alpha value is -1.21. The number of ether oxygens (including phenoxy) is 1. The number of carbonyl (C=O) groups excluding carboxylic acids is 1. The highest BCUT2D eigenvalue weighted by atomic mass is 32.1. The molecule has 106 valence electrons. The van der Waals surface area contributed by atoms with E-state index in [0.29, 0.717) is 12.5 Å². The number of aryl methyl sites for hydroxylation is 1. The van der Waals surface area contributed by atoms with Crippen molar-refractivity contribution in [3.05, 3.63) is 15.8 Å². The van der Waals surface area contributed by atoms with E-state index in [1.807, 2.05) is 0 Å². The van der Waals surface area contributed by atoms with Crippen molar-refractivity contribution in [1.82, 2.24) is 5.32 Å². The van der Waals surface area contributed by atoms with Crippen molar-refractivity contribution < 1.29 is 18.3 Å². The molecule has 1 heterocycles. The van der Waals surface area contributed by atoms with Gasteiger partial charge in [0, 0.05) is 17.5 Å². The van der Waals surface area contributed by atoms with Crippen LogP contribution < -0.4 is 15.8 Å². The molecule has 2 rings (SSSR count). The number of nitrogens with one attached hydrogen (secondary N) is 1. The minimum Gasteiger partial charge on any atom is -0.433 e. The summed E-state index contributed by atoms with van der Waals surface area (Å²) < 4.78 is 28.8. The van der Waals surface area contributed by atoms with Crippen LogP contribution in [0.5, 0.6) is 5.75 Å². The predicted octanol–water partition coefficient (Wildman–Crippen LogP) is 2.13. The van der Waals surface area contributed by atoms with E-state index in [-0.39, 0.29) is 16.7 Å². The SMILES string of the molecule is Cc1cc(OC(F)F)c(C(=O)NCC(N)C2CC2)s1. The fraction of sp³-hybridized carbons (Fsp3) is 0.583. The van der Waals surface area contributed by atoms with Gasteiger partial charge in [-0.25, -0.2) is 0 Å². The molecule has 0 radical (unpaired) electrons. The zero-order chi connectivity index (χ0) is 14.0. The fourth-order valence-electron chi connectivity index (χ4n) is 1.81. The van der Waals surface area contributed by atoms with Crippen molar-refractivity contribution in [2.45, 2.75) is 32.4 Å². The maximum Gasteiger partial charge on any atom is 0.387 e. The molecule has 0 saturated heterocycles. The zero-order valence-corrected chi connectivity index (χ0v) is 11.3. The van der Waals surface area contributed by atoms with Crippen LogP contribution in [-0.2, 0) is 0 Å². The van der Waals surface area contributed by atoms with E-state index < -0.39 is 12.5 Å². The molecule has 3 N–H and O–H groups in total. The Labute approximate surface area is 113 Å². The van der Waals surface area contributed by atoms with Gasteiger partial charge in [0.2, 0.25) is 0 Å². The van der Waals surface area contributed by atoms with E-state index in [2.05, 4.69) is 10.1 Å². The third-order valence-corrected chi connectivity index (χ3v) is 4.00. The molecule has 1 aliphatic rings. The Morgan fingerprint density at radius 2 is 2.32 bits per heavy atom. The summed E-state index contributed by atoms with van der Waals surface area (Å²) in [5, 5.41) is 2.67. The Morgan fingerprint density at radius 1 is 1.63 bits per heavy atom. The summed E-state index contributed by atoms with van der Waals surface area (Å²) in [7, 11) is 0. The van der Waals surface area contributed by atoms with E-state index in [9.17, 15) is 13.6 Å². The lowest BCUT2D eigenvalue weighted by molar-refractivity contribution is -0.0498. The first kappa shape index (κ1) is 14.2. The molecule has 1 aromatic heterocycles. The molecule has 1 aliphatic carbocycles. The molecule has 1 amide bonds. The largest absolute Gasteiger partial charge is 0.433 e. The standard InChI is InChI=1S/C12H16F2N2O2S/c1-6-4-9(18-12(13)14)10(19-6)11(17)16-5-8(15)7-2-3-7/h4,7-8,12H,2-3,5,15H2,1H3,(H,16,17). The van der Waals surface area contributed by atoms with Crippen LogP contribution in [0.25, 0.3) is 0 Å². The number of thiophene rings is 1. The Kier molecular flexibility index (Phi) is 4.36. The van der Waals surface area contributed by atoms with E-state index >= 15 is 0 Å². The number of amides is 1. The first-order chi connectivity index (χ1) is 8.97. The lowest BCUT2D eigenvalue weighted by atomic mass is 10.2. The van der Waals surface area contributed by atoms with Gasteiger partial charge in [-0.1, -0.05) is 0 Å². The van der Waals surface area contributed by atoms with Crippen molar-refractivity contribution in [2.24, 2.45) is 11.7 Å². The van der Waals surface area contributed by atoms with Gasteiger partial charge in [-0.2, -0.15) is 8.78 Å². The maximum atomic E-state index is 12.2.